The van der Waals surface area contributed by atoms with Gasteiger partial charge in [0.05, 0.1) is 23.0 Å². The molecule has 196 valence electrons. The van der Waals surface area contributed by atoms with Gasteiger partial charge in [0.15, 0.2) is 11.9 Å². The molecule has 37 heavy (non-hydrogen) atoms. The molecule has 10 heteroatoms. The van der Waals surface area contributed by atoms with Crippen molar-refractivity contribution in [1.29, 1.82) is 0 Å². The van der Waals surface area contributed by atoms with Gasteiger partial charge in [0, 0.05) is 31.4 Å². The number of benzene rings is 1. The molecule has 6 rings (SSSR count). The second-order valence-electron chi connectivity index (χ2n) is 10.4. The maximum atomic E-state index is 13.6. The molecule has 7 nitrogen and oxygen atoms in total. The fourth-order valence-corrected chi connectivity index (χ4v) is 5.88. The molecule has 3 fully saturated rings. The van der Waals surface area contributed by atoms with Crippen LogP contribution in [0.3, 0.4) is 0 Å². The number of nitrogens with one attached hydrogen (secondary N) is 1. The molecular formula is C27H30F2N4O3S. The lowest BCUT2D eigenvalue weighted by atomic mass is 10.1. The van der Waals surface area contributed by atoms with Gasteiger partial charge in [0.1, 0.15) is 11.2 Å². The molecule has 3 heterocycles. The van der Waals surface area contributed by atoms with Crippen molar-refractivity contribution in [2.45, 2.75) is 67.9 Å². The molecule has 2 aliphatic carbocycles. The second kappa shape index (κ2) is 9.23. The molecule has 2 atom stereocenters. The van der Waals surface area contributed by atoms with E-state index >= 15 is 0 Å². The van der Waals surface area contributed by atoms with Gasteiger partial charge in [-0.3, -0.25) is 9.59 Å². The third-order valence-electron chi connectivity index (χ3n) is 7.64. The van der Waals surface area contributed by atoms with E-state index in [4.69, 9.17) is 4.74 Å². The number of nitrogens with zero attached hydrogens (tertiary/aromatic N) is 3. The third kappa shape index (κ3) is 4.58. The molecule has 1 N–H and O–H groups in total. The Morgan fingerprint density at radius 3 is 2.65 bits per heavy atom. The number of ether oxygens (including phenoxy) is 1. The van der Waals surface area contributed by atoms with E-state index in [0.29, 0.717) is 34.9 Å². The zero-order chi connectivity index (χ0) is 25.9. The van der Waals surface area contributed by atoms with Crippen LogP contribution in [0.2, 0.25) is 0 Å². The van der Waals surface area contributed by atoms with Crippen molar-refractivity contribution in [1.82, 2.24) is 14.3 Å². The molecule has 3 aliphatic rings. The Hall–Kier alpha value is -2.72. The van der Waals surface area contributed by atoms with Crippen molar-refractivity contribution in [3.05, 3.63) is 45.9 Å². The SMILES string of the molecule is CSc1cc(C2CC2)ccc1Nc1cc(CC(=O)C2CC2(F)F)nc2c1c(=O)n(C)n2C1CCCCO1. The van der Waals surface area contributed by atoms with Crippen LogP contribution >= 0.6 is 11.8 Å². The highest BCUT2D eigenvalue weighted by atomic mass is 32.2. The van der Waals surface area contributed by atoms with E-state index in [2.05, 4.69) is 22.4 Å². The van der Waals surface area contributed by atoms with Gasteiger partial charge in [-0.2, -0.15) is 0 Å². The number of hydrogen-bond donors (Lipinski definition) is 1. The number of carbonyl (C=O) groups excluding carboxylic acids is 1. The molecule has 0 bridgehead atoms. The predicted molar refractivity (Wildman–Crippen MR) is 139 cm³/mol. The van der Waals surface area contributed by atoms with Crippen molar-refractivity contribution < 1.29 is 18.3 Å². The van der Waals surface area contributed by atoms with Gasteiger partial charge in [-0.1, -0.05) is 6.07 Å². The summed E-state index contributed by atoms with van der Waals surface area (Å²) in [6.45, 7) is 0.586. The van der Waals surface area contributed by atoms with Gasteiger partial charge in [-0.15, -0.1) is 11.8 Å². The minimum Gasteiger partial charge on any atom is -0.357 e. The Labute approximate surface area is 217 Å². The minimum absolute atomic E-state index is 0.213. The maximum Gasteiger partial charge on any atom is 0.278 e. The zero-order valence-electron chi connectivity index (χ0n) is 20.9. The Bertz CT molecular complexity index is 1440. The van der Waals surface area contributed by atoms with Gasteiger partial charge in [0.2, 0.25) is 0 Å². The number of halogens is 2. The Kier molecular flexibility index (Phi) is 6.14. The summed E-state index contributed by atoms with van der Waals surface area (Å²) in [5.41, 5.74) is 3.20. The van der Waals surface area contributed by atoms with Crippen LogP contribution in [0.5, 0.6) is 0 Å². The van der Waals surface area contributed by atoms with Crippen LogP contribution in [-0.4, -0.2) is 38.9 Å². The number of thioether (sulfide) groups is 1. The number of hydrogen-bond acceptors (Lipinski definition) is 6. The monoisotopic (exact) mass is 528 g/mol. The molecule has 2 saturated carbocycles. The summed E-state index contributed by atoms with van der Waals surface area (Å²) in [6, 6.07) is 7.97. The van der Waals surface area contributed by atoms with Gasteiger partial charge in [-0.05, 0) is 68.0 Å². The van der Waals surface area contributed by atoms with Gasteiger partial charge in [-0.25, -0.2) is 23.1 Å². The van der Waals surface area contributed by atoms with Crippen LogP contribution in [0.4, 0.5) is 20.2 Å². The number of Topliss-reactive ketones (excluding diaryl/α,β-unsaturated/α-hetero) is 1. The Morgan fingerprint density at radius 2 is 2.00 bits per heavy atom. The van der Waals surface area contributed by atoms with Crippen molar-refractivity contribution in [2.75, 3.05) is 18.2 Å². The molecule has 2 aromatic heterocycles. The maximum absolute atomic E-state index is 13.6. The molecule has 1 saturated heterocycles. The molecule has 1 aromatic carbocycles. The molecule has 1 aliphatic heterocycles. The van der Waals surface area contributed by atoms with Gasteiger partial charge in [0.25, 0.3) is 11.5 Å². The summed E-state index contributed by atoms with van der Waals surface area (Å²) in [5, 5.41) is 3.82. The quantitative estimate of drug-likeness (QED) is 0.387. The zero-order valence-corrected chi connectivity index (χ0v) is 21.7. The fraction of sp³-hybridized carbons (Fsp3) is 0.519. The summed E-state index contributed by atoms with van der Waals surface area (Å²) in [4.78, 5) is 31.8. The van der Waals surface area contributed by atoms with Crippen LogP contribution in [0.15, 0.2) is 34.0 Å². The Morgan fingerprint density at radius 1 is 1.22 bits per heavy atom. The minimum atomic E-state index is -2.93. The number of alkyl halides is 2. The molecule has 2 unspecified atom stereocenters. The first-order valence-corrected chi connectivity index (χ1v) is 14.1. The normalized spacial score (nSPS) is 22.8. The number of anilines is 2. The van der Waals surface area contributed by atoms with Crippen molar-refractivity contribution in [3.63, 3.8) is 0 Å². The number of fused-ring (bicyclic) bond motifs is 1. The van der Waals surface area contributed by atoms with Crippen LogP contribution in [0.25, 0.3) is 11.0 Å². The number of pyridine rings is 1. The molecule has 0 spiro atoms. The highest BCUT2D eigenvalue weighted by Gasteiger charge is 2.60. The lowest BCUT2D eigenvalue weighted by molar-refractivity contribution is -0.121. The molecule has 0 radical (unpaired) electrons. The third-order valence-corrected chi connectivity index (χ3v) is 8.42. The first-order valence-electron chi connectivity index (χ1n) is 12.8. The first kappa shape index (κ1) is 24.6. The largest absolute Gasteiger partial charge is 0.357 e. The van der Waals surface area contributed by atoms with E-state index in [-0.39, 0.29) is 18.2 Å². The van der Waals surface area contributed by atoms with Crippen molar-refractivity contribution >= 4 is 40.0 Å². The lowest BCUT2D eigenvalue weighted by Gasteiger charge is -2.25. The molecule has 3 aromatic rings. The standard InChI is InChI=1S/C27H30F2N4O3S/c1-32-26(35)24-20(31-19-9-8-16(15-6-7-15)11-22(19)37-2)12-17(13-21(34)18-14-27(18,28)29)30-25(24)33(32)23-5-3-4-10-36-23/h8-9,11-12,15,18,23H,3-7,10,13-14H2,1-2H3,(H,30,31). The highest BCUT2D eigenvalue weighted by molar-refractivity contribution is 7.98. The van der Waals surface area contributed by atoms with Crippen molar-refractivity contribution in [2.24, 2.45) is 13.0 Å². The lowest BCUT2D eigenvalue weighted by Crippen LogP contribution is -2.27. The second-order valence-corrected chi connectivity index (χ2v) is 11.2. The molecule has 0 amide bonds. The van der Waals surface area contributed by atoms with Crippen LogP contribution in [-0.2, 0) is 23.0 Å². The smallest absolute Gasteiger partial charge is 0.278 e. The number of ketones is 1. The average Bonchev–Trinajstić information content (AvgIpc) is 3.80. The van der Waals surface area contributed by atoms with E-state index < -0.39 is 24.0 Å². The van der Waals surface area contributed by atoms with Gasteiger partial charge >= 0.3 is 0 Å². The summed E-state index contributed by atoms with van der Waals surface area (Å²) >= 11 is 1.62. The van der Waals surface area contributed by atoms with E-state index in [1.54, 1.807) is 29.6 Å². The average molecular weight is 529 g/mol. The summed E-state index contributed by atoms with van der Waals surface area (Å²) in [6.07, 6.45) is 6.09. The number of aromatic nitrogens is 3. The topological polar surface area (TPSA) is 78.2 Å². The van der Waals surface area contributed by atoms with Crippen molar-refractivity contribution in [3.8, 4) is 0 Å². The number of rotatable bonds is 8. The van der Waals surface area contributed by atoms with Gasteiger partial charge < -0.3 is 10.1 Å². The summed E-state index contributed by atoms with van der Waals surface area (Å²) < 4.78 is 36.4. The predicted octanol–water partition coefficient (Wildman–Crippen LogP) is 5.54. The van der Waals surface area contributed by atoms with Crippen LogP contribution in [0, 0.1) is 5.92 Å². The van der Waals surface area contributed by atoms with E-state index in [1.165, 1.54) is 23.1 Å². The van der Waals surface area contributed by atoms with E-state index in [1.807, 2.05) is 12.3 Å². The van der Waals surface area contributed by atoms with E-state index in [0.717, 1.165) is 29.8 Å². The highest BCUT2D eigenvalue weighted by Crippen LogP contribution is 2.49. The number of carbonyl (C=O) groups is 1. The first-order chi connectivity index (χ1) is 17.8. The summed E-state index contributed by atoms with van der Waals surface area (Å²) in [5.74, 6) is -4.09. The Balaban J connectivity index is 1.45. The van der Waals surface area contributed by atoms with Crippen LogP contribution < -0.4 is 10.9 Å². The summed E-state index contributed by atoms with van der Waals surface area (Å²) in [7, 11) is 1.68. The van der Waals surface area contributed by atoms with E-state index in [9.17, 15) is 18.4 Å². The van der Waals surface area contributed by atoms with Crippen LogP contribution in [0.1, 0.15) is 61.9 Å². The fourth-order valence-electron chi connectivity index (χ4n) is 5.29. The molecular weight excluding hydrogens is 498 g/mol.